The van der Waals surface area contributed by atoms with Crippen molar-refractivity contribution >= 4 is 17.7 Å². The summed E-state index contributed by atoms with van der Waals surface area (Å²) < 4.78 is 40.9. The topological polar surface area (TPSA) is 79.0 Å². The lowest BCUT2D eigenvalue weighted by Gasteiger charge is -2.32. The van der Waals surface area contributed by atoms with Gasteiger partial charge in [0.2, 0.25) is 11.8 Å². The van der Waals surface area contributed by atoms with Crippen LogP contribution in [0.4, 0.5) is 13.2 Å². The quantitative estimate of drug-likeness (QED) is 0.632. The predicted molar refractivity (Wildman–Crippen MR) is 123 cm³/mol. The zero-order valence-corrected chi connectivity index (χ0v) is 19.5. The van der Waals surface area contributed by atoms with Gasteiger partial charge in [0, 0.05) is 25.1 Å². The van der Waals surface area contributed by atoms with E-state index in [1.807, 2.05) is 12.1 Å². The van der Waals surface area contributed by atoms with Gasteiger partial charge in [0.15, 0.2) is 0 Å². The van der Waals surface area contributed by atoms with Crippen LogP contribution in [0.3, 0.4) is 0 Å². The molecule has 0 saturated carbocycles. The first-order chi connectivity index (χ1) is 17.2. The predicted octanol–water partition coefficient (Wildman–Crippen LogP) is 3.73. The number of rotatable bonds is 5. The van der Waals surface area contributed by atoms with Crippen molar-refractivity contribution in [3.63, 3.8) is 0 Å². The number of likely N-dealkylation sites (tertiary alicyclic amines) is 1. The molecule has 3 amide bonds. The molecule has 1 unspecified atom stereocenters. The Morgan fingerprint density at radius 1 is 0.972 bits per heavy atom. The van der Waals surface area contributed by atoms with Crippen LogP contribution in [-0.4, -0.2) is 53.0 Å². The molecule has 0 radical (unpaired) electrons. The van der Waals surface area contributed by atoms with Gasteiger partial charge in [-0.15, -0.1) is 13.2 Å². The van der Waals surface area contributed by atoms with Crippen LogP contribution in [0.1, 0.15) is 58.6 Å². The first-order valence-electron chi connectivity index (χ1n) is 12.0. The van der Waals surface area contributed by atoms with Crippen LogP contribution in [0, 0.1) is 0 Å². The van der Waals surface area contributed by atoms with Crippen LogP contribution in [0.25, 0.3) is 0 Å². The summed E-state index contributed by atoms with van der Waals surface area (Å²) in [5.74, 6) is -0.776. The molecule has 5 rings (SSSR count). The fraction of sp³-hybridized carbons (Fsp3) is 0.423. The highest BCUT2D eigenvalue weighted by Gasteiger charge is 2.39. The Labute approximate surface area is 206 Å². The Kier molecular flexibility index (Phi) is 6.46. The summed E-state index contributed by atoms with van der Waals surface area (Å²) in [5, 5.41) is 2.32. The van der Waals surface area contributed by atoms with Crippen molar-refractivity contribution in [2.75, 3.05) is 13.1 Å². The number of carbonyl (C=O) groups is 3. The number of imide groups is 1. The molecule has 3 aliphatic rings. The number of nitrogens with zero attached hydrogens (tertiary/aromatic N) is 2. The fourth-order valence-corrected chi connectivity index (χ4v) is 5.33. The van der Waals surface area contributed by atoms with Gasteiger partial charge < -0.3 is 9.64 Å². The summed E-state index contributed by atoms with van der Waals surface area (Å²) >= 11 is 0. The van der Waals surface area contributed by atoms with Crippen molar-refractivity contribution in [2.24, 2.45) is 0 Å². The van der Waals surface area contributed by atoms with Gasteiger partial charge in [-0.1, -0.05) is 24.3 Å². The molecule has 0 spiro atoms. The summed E-state index contributed by atoms with van der Waals surface area (Å²) in [5.41, 5.74) is 3.61. The van der Waals surface area contributed by atoms with Gasteiger partial charge in [-0.3, -0.25) is 24.6 Å². The van der Waals surface area contributed by atoms with E-state index in [4.69, 9.17) is 0 Å². The van der Waals surface area contributed by atoms with Gasteiger partial charge >= 0.3 is 6.36 Å². The van der Waals surface area contributed by atoms with Crippen molar-refractivity contribution in [3.8, 4) is 5.75 Å². The Hall–Kier alpha value is -3.40. The Bertz CT molecular complexity index is 1170. The molecule has 0 bridgehead atoms. The molecule has 190 valence electrons. The number of benzene rings is 2. The standard InChI is InChI=1S/C26H26F3N3O4/c27-26(28,29)36-20-4-1-16(2-5-20)14-31-11-9-17(10-12-31)18-3-6-21-19(13-18)15-32(25(21)35)22-7-8-23(33)30-24(22)34/h1-6,13,17,22H,7-12,14-15H2,(H,30,33,34). The molecule has 7 nitrogen and oxygen atoms in total. The Morgan fingerprint density at radius 2 is 1.69 bits per heavy atom. The van der Waals surface area contributed by atoms with Crippen LogP contribution in [-0.2, 0) is 22.7 Å². The summed E-state index contributed by atoms with van der Waals surface area (Å²) in [7, 11) is 0. The van der Waals surface area contributed by atoms with Crippen LogP contribution >= 0.6 is 0 Å². The second-order valence-corrected chi connectivity index (χ2v) is 9.56. The molecule has 10 heteroatoms. The number of amides is 3. The van der Waals surface area contributed by atoms with Gasteiger partial charge in [-0.25, -0.2) is 0 Å². The van der Waals surface area contributed by atoms with Crippen molar-refractivity contribution < 1.29 is 32.3 Å². The average Bonchev–Trinajstić information content (AvgIpc) is 3.15. The van der Waals surface area contributed by atoms with Crippen molar-refractivity contribution in [1.82, 2.24) is 15.1 Å². The summed E-state index contributed by atoms with van der Waals surface area (Å²) in [6.45, 7) is 2.72. The lowest BCUT2D eigenvalue weighted by molar-refractivity contribution is -0.274. The van der Waals surface area contributed by atoms with Crippen LogP contribution < -0.4 is 10.1 Å². The molecule has 2 fully saturated rings. The molecule has 2 aromatic carbocycles. The molecule has 1 N–H and O–H groups in total. The minimum atomic E-state index is -4.70. The van der Waals surface area contributed by atoms with Gasteiger partial charge in [0.1, 0.15) is 11.8 Å². The number of nitrogens with one attached hydrogen (secondary N) is 1. The van der Waals surface area contributed by atoms with Crippen molar-refractivity contribution in [3.05, 3.63) is 64.7 Å². The third-order valence-electron chi connectivity index (χ3n) is 7.17. The fourth-order valence-electron chi connectivity index (χ4n) is 5.33. The van der Waals surface area contributed by atoms with E-state index in [2.05, 4.69) is 21.0 Å². The maximum atomic E-state index is 12.9. The van der Waals surface area contributed by atoms with E-state index in [1.54, 1.807) is 17.0 Å². The third kappa shape index (κ3) is 5.23. The molecule has 1 atom stereocenters. The Morgan fingerprint density at radius 3 is 2.36 bits per heavy atom. The van der Waals surface area contributed by atoms with E-state index >= 15 is 0 Å². The number of piperidine rings is 2. The number of carbonyl (C=O) groups excluding carboxylic acids is 3. The molecule has 36 heavy (non-hydrogen) atoms. The molecule has 2 saturated heterocycles. The highest BCUT2D eigenvalue weighted by atomic mass is 19.4. The number of hydrogen-bond donors (Lipinski definition) is 1. The molecule has 0 aromatic heterocycles. The zero-order valence-electron chi connectivity index (χ0n) is 19.5. The summed E-state index contributed by atoms with van der Waals surface area (Å²) in [6, 6.07) is 11.2. The van der Waals surface area contributed by atoms with E-state index in [0.717, 1.165) is 37.1 Å². The molecular formula is C26H26F3N3O4. The zero-order chi connectivity index (χ0) is 25.4. The average molecular weight is 502 g/mol. The second-order valence-electron chi connectivity index (χ2n) is 9.56. The van der Waals surface area contributed by atoms with Gasteiger partial charge in [-0.2, -0.15) is 0 Å². The number of alkyl halides is 3. The molecule has 3 aliphatic heterocycles. The maximum Gasteiger partial charge on any atom is 0.573 e. The minimum absolute atomic E-state index is 0.174. The monoisotopic (exact) mass is 501 g/mol. The normalized spacial score (nSPS) is 21.5. The second kappa shape index (κ2) is 9.57. The van der Waals surface area contributed by atoms with Crippen LogP contribution in [0.2, 0.25) is 0 Å². The van der Waals surface area contributed by atoms with Crippen molar-refractivity contribution in [2.45, 2.75) is 57.1 Å². The molecular weight excluding hydrogens is 475 g/mol. The van der Waals surface area contributed by atoms with Crippen LogP contribution in [0.15, 0.2) is 42.5 Å². The number of halogens is 3. The van der Waals surface area contributed by atoms with Crippen molar-refractivity contribution in [1.29, 1.82) is 0 Å². The van der Waals surface area contributed by atoms with Crippen LogP contribution in [0.5, 0.6) is 5.75 Å². The highest BCUT2D eigenvalue weighted by molar-refractivity contribution is 6.05. The van der Waals surface area contributed by atoms with E-state index in [9.17, 15) is 27.6 Å². The lowest BCUT2D eigenvalue weighted by atomic mass is 9.87. The number of fused-ring (bicyclic) bond motifs is 1. The summed E-state index contributed by atoms with van der Waals surface area (Å²) in [6.07, 6.45) is -2.27. The first-order valence-corrected chi connectivity index (χ1v) is 12.0. The Balaban J connectivity index is 1.17. The SMILES string of the molecule is O=C1CCC(N2Cc3cc(C4CCN(Cc5ccc(OC(F)(F)F)cc5)CC4)ccc3C2=O)C(=O)N1. The smallest absolute Gasteiger partial charge is 0.406 e. The number of hydrogen-bond acceptors (Lipinski definition) is 5. The highest BCUT2D eigenvalue weighted by Crippen LogP contribution is 2.34. The van der Waals surface area contributed by atoms with E-state index in [-0.39, 0.29) is 24.0 Å². The third-order valence-corrected chi connectivity index (χ3v) is 7.17. The van der Waals surface area contributed by atoms with E-state index in [1.165, 1.54) is 17.7 Å². The molecule has 2 aromatic rings. The summed E-state index contributed by atoms with van der Waals surface area (Å²) in [4.78, 5) is 40.5. The van der Waals surface area contributed by atoms with Gasteiger partial charge in [0.25, 0.3) is 5.91 Å². The van der Waals surface area contributed by atoms with Gasteiger partial charge in [0.05, 0.1) is 0 Å². The largest absolute Gasteiger partial charge is 0.573 e. The van der Waals surface area contributed by atoms with Gasteiger partial charge in [-0.05, 0) is 73.2 Å². The van der Waals surface area contributed by atoms with E-state index in [0.29, 0.717) is 31.0 Å². The maximum absolute atomic E-state index is 12.9. The minimum Gasteiger partial charge on any atom is -0.406 e. The molecule has 0 aliphatic carbocycles. The van der Waals surface area contributed by atoms with E-state index < -0.39 is 18.3 Å². The lowest BCUT2D eigenvalue weighted by Crippen LogP contribution is -2.52. The molecule has 3 heterocycles. The first kappa shape index (κ1) is 24.3. The number of ether oxygens (including phenoxy) is 1.